The summed E-state index contributed by atoms with van der Waals surface area (Å²) in [4.78, 5) is 14.0. The Morgan fingerprint density at radius 1 is 1.11 bits per heavy atom. The Balaban J connectivity index is 0.00000162. The molecule has 3 nitrogen and oxygen atoms in total. The zero-order valence-electron chi connectivity index (χ0n) is 11.3. The summed E-state index contributed by atoms with van der Waals surface area (Å²) in [5, 5.41) is 3.28. The zero-order chi connectivity index (χ0) is 11.9. The molecule has 0 bridgehead atoms. The maximum absolute atomic E-state index is 11.9. The summed E-state index contributed by atoms with van der Waals surface area (Å²) in [6, 6.07) is 0. The number of piperazine rings is 1. The monoisotopic (exact) mass is 274 g/mol. The molecule has 106 valence electrons. The highest BCUT2D eigenvalue weighted by atomic mass is 35.5. The van der Waals surface area contributed by atoms with E-state index in [0.717, 1.165) is 44.9 Å². The number of amides is 1. The van der Waals surface area contributed by atoms with Crippen molar-refractivity contribution in [2.75, 3.05) is 26.2 Å². The van der Waals surface area contributed by atoms with Crippen LogP contribution in [0.5, 0.6) is 0 Å². The fraction of sp³-hybridized carbons (Fsp3) is 0.929. The van der Waals surface area contributed by atoms with Gasteiger partial charge in [0.05, 0.1) is 0 Å². The van der Waals surface area contributed by atoms with E-state index in [-0.39, 0.29) is 12.4 Å². The van der Waals surface area contributed by atoms with Crippen molar-refractivity contribution in [3.05, 3.63) is 0 Å². The first-order valence-corrected chi connectivity index (χ1v) is 7.35. The first-order valence-electron chi connectivity index (χ1n) is 7.35. The number of hydrogen-bond donors (Lipinski definition) is 1. The molecule has 1 aliphatic carbocycles. The first kappa shape index (κ1) is 15.8. The van der Waals surface area contributed by atoms with Gasteiger partial charge in [-0.3, -0.25) is 4.79 Å². The summed E-state index contributed by atoms with van der Waals surface area (Å²) in [6.07, 6.45) is 10.2. The zero-order valence-corrected chi connectivity index (χ0v) is 12.1. The van der Waals surface area contributed by atoms with Gasteiger partial charge >= 0.3 is 0 Å². The van der Waals surface area contributed by atoms with Crippen LogP contribution >= 0.6 is 12.4 Å². The van der Waals surface area contributed by atoms with Crippen molar-refractivity contribution in [1.82, 2.24) is 10.2 Å². The lowest BCUT2D eigenvalue weighted by Crippen LogP contribution is -2.46. The van der Waals surface area contributed by atoms with Crippen molar-refractivity contribution in [2.24, 2.45) is 5.92 Å². The van der Waals surface area contributed by atoms with Crippen molar-refractivity contribution in [2.45, 2.75) is 51.4 Å². The van der Waals surface area contributed by atoms with Crippen molar-refractivity contribution >= 4 is 18.3 Å². The van der Waals surface area contributed by atoms with E-state index in [1.54, 1.807) is 0 Å². The van der Waals surface area contributed by atoms with Crippen LogP contribution in [-0.4, -0.2) is 37.0 Å². The molecule has 2 fully saturated rings. The van der Waals surface area contributed by atoms with E-state index >= 15 is 0 Å². The molecule has 1 N–H and O–H groups in total. The predicted molar refractivity (Wildman–Crippen MR) is 77.1 cm³/mol. The van der Waals surface area contributed by atoms with Crippen LogP contribution in [0.2, 0.25) is 0 Å². The molecule has 2 rings (SSSR count). The fourth-order valence-electron chi connectivity index (χ4n) is 3.09. The van der Waals surface area contributed by atoms with Gasteiger partial charge in [-0.15, -0.1) is 12.4 Å². The van der Waals surface area contributed by atoms with E-state index in [1.165, 1.54) is 38.5 Å². The van der Waals surface area contributed by atoms with Crippen molar-refractivity contribution in [3.8, 4) is 0 Å². The van der Waals surface area contributed by atoms with Gasteiger partial charge in [-0.1, -0.05) is 32.1 Å². The number of halogens is 1. The third-order valence-electron chi connectivity index (χ3n) is 4.20. The van der Waals surface area contributed by atoms with E-state index in [2.05, 4.69) is 5.32 Å². The lowest BCUT2D eigenvalue weighted by atomic mass is 9.86. The summed E-state index contributed by atoms with van der Waals surface area (Å²) in [7, 11) is 0. The van der Waals surface area contributed by atoms with E-state index in [4.69, 9.17) is 0 Å². The largest absolute Gasteiger partial charge is 0.340 e. The fourth-order valence-corrected chi connectivity index (χ4v) is 3.09. The molecular weight excluding hydrogens is 248 g/mol. The summed E-state index contributed by atoms with van der Waals surface area (Å²) >= 11 is 0. The molecule has 0 spiro atoms. The highest BCUT2D eigenvalue weighted by molar-refractivity contribution is 5.85. The molecule has 1 saturated heterocycles. The van der Waals surface area contributed by atoms with Crippen LogP contribution in [0.25, 0.3) is 0 Å². The van der Waals surface area contributed by atoms with Gasteiger partial charge in [0.25, 0.3) is 0 Å². The Labute approximate surface area is 117 Å². The molecule has 1 saturated carbocycles. The number of hydrogen-bond acceptors (Lipinski definition) is 2. The normalized spacial score (nSPS) is 21.4. The van der Waals surface area contributed by atoms with Gasteiger partial charge < -0.3 is 10.2 Å². The maximum atomic E-state index is 11.9. The van der Waals surface area contributed by atoms with Gasteiger partial charge in [0.15, 0.2) is 0 Å². The number of carbonyl (C=O) groups excluding carboxylic acids is 1. The minimum atomic E-state index is 0. The highest BCUT2D eigenvalue weighted by Crippen LogP contribution is 2.27. The average molecular weight is 275 g/mol. The van der Waals surface area contributed by atoms with Crippen molar-refractivity contribution in [1.29, 1.82) is 0 Å². The van der Waals surface area contributed by atoms with Crippen LogP contribution in [0, 0.1) is 5.92 Å². The molecule has 0 aromatic heterocycles. The lowest BCUT2D eigenvalue weighted by Gasteiger charge is -2.28. The second-order valence-corrected chi connectivity index (χ2v) is 5.53. The van der Waals surface area contributed by atoms with Gasteiger partial charge in [-0.25, -0.2) is 0 Å². The van der Waals surface area contributed by atoms with Crippen LogP contribution < -0.4 is 5.32 Å². The molecule has 0 aromatic carbocycles. The molecule has 1 aliphatic heterocycles. The molecule has 0 radical (unpaired) electrons. The van der Waals surface area contributed by atoms with Gasteiger partial charge in [0, 0.05) is 32.6 Å². The standard InChI is InChI=1S/C14H26N2O.ClH/c17-14(16-11-9-15-10-12-16)8-4-7-13-5-2-1-3-6-13;/h13,15H,1-12H2;1H. The molecule has 2 aliphatic rings. The number of carbonyl (C=O) groups is 1. The van der Waals surface area contributed by atoms with E-state index in [0.29, 0.717) is 5.91 Å². The Kier molecular flexibility index (Phi) is 7.68. The minimum absolute atomic E-state index is 0. The topological polar surface area (TPSA) is 32.3 Å². The molecule has 1 heterocycles. The summed E-state index contributed by atoms with van der Waals surface area (Å²) in [6.45, 7) is 3.74. The molecule has 0 unspecified atom stereocenters. The quantitative estimate of drug-likeness (QED) is 0.855. The predicted octanol–water partition coefficient (Wildman–Crippen LogP) is 2.59. The average Bonchev–Trinajstić information content (AvgIpc) is 2.41. The van der Waals surface area contributed by atoms with Crippen LogP contribution in [0.4, 0.5) is 0 Å². The second kappa shape index (κ2) is 8.76. The first-order chi connectivity index (χ1) is 8.36. The molecule has 4 heteroatoms. The second-order valence-electron chi connectivity index (χ2n) is 5.53. The summed E-state index contributed by atoms with van der Waals surface area (Å²) in [5.74, 6) is 1.29. The molecule has 0 aromatic rings. The van der Waals surface area contributed by atoms with Crippen molar-refractivity contribution < 1.29 is 4.79 Å². The molecule has 0 atom stereocenters. The highest BCUT2D eigenvalue weighted by Gasteiger charge is 2.17. The lowest BCUT2D eigenvalue weighted by molar-refractivity contribution is -0.131. The molecule has 1 amide bonds. The van der Waals surface area contributed by atoms with E-state index in [1.807, 2.05) is 4.90 Å². The van der Waals surface area contributed by atoms with Gasteiger partial charge in [0.2, 0.25) is 5.91 Å². The molecule has 18 heavy (non-hydrogen) atoms. The number of nitrogens with zero attached hydrogens (tertiary/aromatic N) is 1. The van der Waals surface area contributed by atoms with Crippen molar-refractivity contribution in [3.63, 3.8) is 0 Å². The van der Waals surface area contributed by atoms with Crippen LogP contribution in [-0.2, 0) is 4.79 Å². The SMILES string of the molecule is Cl.O=C(CCCC1CCCCC1)N1CCNCC1. The third-order valence-corrected chi connectivity index (χ3v) is 4.20. The Hall–Kier alpha value is -0.280. The number of nitrogens with one attached hydrogen (secondary N) is 1. The van der Waals surface area contributed by atoms with Gasteiger partial charge in [0.1, 0.15) is 0 Å². The van der Waals surface area contributed by atoms with Gasteiger partial charge in [-0.05, 0) is 18.8 Å². The van der Waals surface area contributed by atoms with Crippen LogP contribution in [0.1, 0.15) is 51.4 Å². The minimum Gasteiger partial charge on any atom is -0.340 e. The molecular formula is C14H27ClN2O. The third kappa shape index (κ3) is 5.15. The van der Waals surface area contributed by atoms with Gasteiger partial charge in [-0.2, -0.15) is 0 Å². The van der Waals surface area contributed by atoms with E-state index < -0.39 is 0 Å². The Morgan fingerprint density at radius 2 is 1.78 bits per heavy atom. The smallest absolute Gasteiger partial charge is 0.222 e. The number of rotatable bonds is 4. The Bertz CT molecular complexity index is 236. The van der Waals surface area contributed by atoms with Crippen LogP contribution in [0.15, 0.2) is 0 Å². The summed E-state index contributed by atoms with van der Waals surface area (Å²) in [5.41, 5.74) is 0. The Morgan fingerprint density at radius 3 is 2.44 bits per heavy atom. The maximum Gasteiger partial charge on any atom is 0.222 e. The van der Waals surface area contributed by atoms with E-state index in [9.17, 15) is 4.79 Å². The van der Waals surface area contributed by atoms with Crippen LogP contribution in [0.3, 0.4) is 0 Å². The summed E-state index contributed by atoms with van der Waals surface area (Å²) < 4.78 is 0.